The number of Topliss-reactive ketones (excluding diaryl/α,β-unsaturated/α-hetero) is 1. The third-order valence-electron chi connectivity index (χ3n) is 3.14. The molecular formula is C16H16FNO2. The maximum absolute atomic E-state index is 13.5. The first-order valence-electron chi connectivity index (χ1n) is 6.36. The summed E-state index contributed by atoms with van der Waals surface area (Å²) in [7, 11) is 1.85. The van der Waals surface area contributed by atoms with Crippen LogP contribution in [0, 0.1) is 5.82 Å². The van der Waals surface area contributed by atoms with Gasteiger partial charge in [-0.15, -0.1) is 0 Å². The maximum Gasteiger partial charge on any atom is 0.167 e. The molecule has 0 radical (unpaired) electrons. The Morgan fingerprint density at radius 1 is 1.15 bits per heavy atom. The number of rotatable bonds is 5. The zero-order chi connectivity index (χ0) is 14.5. The van der Waals surface area contributed by atoms with E-state index in [-0.39, 0.29) is 23.5 Å². The average Bonchev–Trinajstić information content (AvgIpc) is 2.45. The van der Waals surface area contributed by atoms with Crippen molar-refractivity contribution in [3.05, 3.63) is 59.9 Å². The van der Waals surface area contributed by atoms with Crippen molar-refractivity contribution in [1.29, 1.82) is 0 Å². The molecule has 0 heterocycles. The Hall–Kier alpha value is -2.36. The van der Waals surface area contributed by atoms with Gasteiger partial charge in [0.1, 0.15) is 11.6 Å². The van der Waals surface area contributed by atoms with Crippen molar-refractivity contribution in [2.45, 2.75) is 6.42 Å². The second-order valence-electron chi connectivity index (χ2n) is 4.59. The van der Waals surface area contributed by atoms with Crippen molar-refractivity contribution < 1.29 is 14.3 Å². The number of hydrogen-bond donors (Lipinski definition) is 1. The minimum atomic E-state index is -0.482. The van der Waals surface area contributed by atoms with Crippen molar-refractivity contribution in [2.24, 2.45) is 0 Å². The van der Waals surface area contributed by atoms with E-state index in [1.807, 2.05) is 11.9 Å². The molecule has 0 aromatic heterocycles. The fourth-order valence-electron chi connectivity index (χ4n) is 1.93. The summed E-state index contributed by atoms with van der Waals surface area (Å²) in [4.78, 5) is 13.8. The first-order valence-corrected chi connectivity index (χ1v) is 6.36. The van der Waals surface area contributed by atoms with E-state index in [0.717, 1.165) is 5.69 Å². The van der Waals surface area contributed by atoms with Crippen LogP contribution in [0.15, 0.2) is 48.5 Å². The number of anilines is 1. The van der Waals surface area contributed by atoms with Crippen molar-refractivity contribution in [2.75, 3.05) is 18.5 Å². The van der Waals surface area contributed by atoms with Gasteiger partial charge < -0.3 is 10.0 Å². The standard InChI is InChI=1S/C16H16FNO2/c1-18(12-6-8-13(19)9-7-12)11-10-16(20)14-4-2-3-5-15(14)17/h2-9,19H,10-11H2,1H3. The molecule has 20 heavy (non-hydrogen) atoms. The Morgan fingerprint density at radius 3 is 2.45 bits per heavy atom. The molecule has 0 saturated carbocycles. The molecule has 0 saturated heterocycles. The second-order valence-corrected chi connectivity index (χ2v) is 4.59. The first-order chi connectivity index (χ1) is 9.58. The van der Waals surface area contributed by atoms with Gasteiger partial charge in [0.15, 0.2) is 5.78 Å². The predicted molar refractivity (Wildman–Crippen MR) is 76.7 cm³/mol. The lowest BCUT2D eigenvalue weighted by Crippen LogP contribution is -2.21. The summed E-state index contributed by atoms with van der Waals surface area (Å²) in [5.41, 5.74) is 1.02. The topological polar surface area (TPSA) is 40.5 Å². The molecule has 2 aromatic rings. The zero-order valence-corrected chi connectivity index (χ0v) is 11.2. The predicted octanol–water partition coefficient (Wildman–Crippen LogP) is 3.24. The number of nitrogens with zero attached hydrogens (tertiary/aromatic N) is 1. The number of phenols is 1. The molecule has 4 heteroatoms. The van der Waals surface area contributed by atoms with Crippen LogP contribution in [-0.4, -0.2) is 24.5 Å². The number of halogens is 1. The van der Waals surface area contributed by atoms with E-state index in [1.165, 1.54) is 12.1 Å². The minimum Gasteiger partial charge on any atom is -0.508 e. The lowest BCUT2D eigenvalue weighted by atomic mass is 10.1. The second kappa shape index (κ2) is 6.19. The molecule has 0 amide bonds. The van der Waals surface area contributed by atoms with Crippen LogP contribution in [0.2, 0.25) is 0 Å². The molecule has 3 nitrogen and oxygen atoms in total. The third kappa shape index (κ3) is 3.35. The normalized spacial score (nSPS) is 10.3. The van der Waals surface area contributed by atoms with Gasteiger partial charge in [-0.05, 0) is 36.4 Å². The largest absolute Gasteiger partial charge is 0.508 e. The molecule has 2 rings (SSSR count). The molecule has 0 spiro atoms. The van der Waals surface area contributed by atoms with Gasteiger partial charge in [-0.2, -0.15) is 0 Å². The smallest absolute Gasteiger partial charge is 0.167 e. The van der Waals surface area contributed by atoms with Gasteiger partial charge in [-0.3, -0.25) is 4.79 Å². The summed E-state index contributed by atoms with van der Waals surface area (Å²) in [6.45, 7) is 0.484. The van der Waals surface area contributed by atoms with Crippen LogP contribution in [0.5, 0.6) is 5.75 Å². The van der Waals surface area contributed by atoms with E-state index in [2.05, 4.69) is 0 Å². The highest BCUT2D eigenvalue weighted by Crippen LogP contribution is 2.18. The van der Waals surface area contributed by atoms with Gasteiger partial charge in [-0.25, -0.2) is 4.39 Å². The lowest BCUT2D eigenvalue weighted by molar-refractivity contribution is 0.0981. The van der Waals surface area contributed by atoms with Crippen molar-refractivity contribution in [3.63, 3.8) is 0 Å². The molecule has 0 fully saturated rings. The van der Waals surface area contributed by atoms with Crippen LogP contribution >= 0.6 is 0 Å². The Bertz CT molecular complexity index is 596. The molecule has 0 aliphatic rings. The van der Waals surface area contributed by atoms with Crippen LogP contribution in [-0.2, 0) is 0 Å². The van der Waals surface area contributed by atoms with Gasteiger partial charge in [0.2, 0.25) is 0 Å². The molecule has 0 atom stereocenters. The van der Waals surface area contributed by atoms with E-state index in [4.69, 9.17) is 0 Å². The number of hydrogen-bond acceptors (Lipinski definition) is 3. The summed E-state index contributed by atoms with van der Waals surface area (Å²) < 4.78 is 13.5. The lowest BCUT2D eigenvalue weighted by Gasteiger charge is -2.18. The van der Waals surface area contributed by atoms with Crippen LogP contribution in [0.4, 0.5) is 10.1 Å². The summed E-state index contributed by atoms with van der Waals surface area (Å²) >= 11 is 0. The van der Waals surface area contributed by atoms with Gasteiger partial charge in [-0.1, -0.05) is 12.1 Å². The SMILES string of the molecule is CN(CCC(=O)c1ccccc1F)c1ccc(O)cc1. The number of phenolic OH excluding ortho intramolecular Hbond substituents is 1. The number of carbonyl (C=O) groups is 1. The Balaban J connectivity index is 1.97. The summed E-state index contributed by atoms with van der Waals surface area (Å²) in [6.07, 6.45) is 0.234. The summed E-state index contributed by atoms with van der Waals surface area (Å²) in [5, 5.41) is 9.22. The molecule has 0 aliphatic carbocycles. The quantitative estimate of drug-likeness (QED) is 0.850. The maximum atomic E-state index is 13.5. The van der Waals surface area contributed by atoms with Gasteiger partial charge in [0, 0.05) is 25.7 Å². The summed E-state index contributed by atoms with van der Waals surface area (Å²) in [5.74, 6) is -0.497. The van der Waals surface area contributed by atoms with Crippen LogP contribution in [0.25, 0.3) is 0 Å². The number of benzene rings is 2. The molecule has 0 aliphatic heterocycles. The highest BCUT2D eigenvalue weighted by molar-refractivity contribution is 5.96. The van der Waals surface area contributed by atoms with Crippen LogP contribution in [0.3, 0.4) is 0 Å². The third-order valence-corrected chi connectivity index (χ3v) is 3.14. The fourth-order valence-corrected chi connectivity index (χ4v) is 1.93. The van der Waals surface area contributed by atoms with Gasteiger partial charge in [0.25, 0.3) is 0 Å². The Morgan fingerprint density at radius 2 is 1.80 bits per heavy atom. The van der Waals surface area contributed by atoms with Gasteiger partial charge in [0.05, 0.1) is 5.56 Å². The van der Waals surface area contributed by atoms with Gasteiger partial charge >= 0.3 is 0 Å². The molecular weight excluding hydrogens is 257 g/mol. The van der Waals surface area contributed by atoms with Crippen LogP contribution in [0.1, 0.15) is 16.8 Å². The number of carbonyl (C=O) groups excluding carboxylic acids is 1. The van der Waals surface area contributed by atoms with E-state index >= 15 is 0 Å². The highest BCUT2D eigenvalue weighted by Gasteiger charge is 2.11. The van der Waals surface area contributed by atoms with E-state index in [1.54, 1.807) is 36.4 Å². The van der Waals surface area contributed by atoms with Crippen molar-refractivity contribution >= 4 is 11.5 Å². The summed E-state index contributed by atoms with van der Waals surface area (Å²) in [6, 6.07) is 12.7. The molecule has 2 aromatic carbocycles. The molecule has 0 unspecified atom stereocenters. The van der Waals surface area contributed by atoms with E-state index < -0.39 is 5.82 Å². The minimum absolute atomic E-state index is 0.131. The van der Waals surface area contributed by atoms with Crippen molar-refractivity contribution in [3.8, 4) is 5.75 Å². The van der Waals surface area contributed by atoms with Crippen LogP contribution < -0.4 is 4.90 Å². The number of aromatic hydroxyl groups is 1. The monoisotopic (exact) mass is 273 g/mol. The Labute approximate surface area is 117 Å². The Kier molecular flexibility index (Phi) is 4.35. The first kappa shape index (κ1) is 14.1. The van der Waals surface area contributed by atoms with E-state index in [0.29, 0.717) is 6.54 Å². The van der Waals surface area contributed by atoms with E-state index in [9.17, 15) is 14.3 Å². The number of ketones is 1. The zero-order valence-electron chi connectivity index (χ0n) is 11.2. The fraction of sp³-hybridized carbons (Fsp3) is 0.188. The molecule has 1 N–H and O–H groups in total. The molecule has 0 bridgehead atoms. The molecule has 104 valence electrons. The average molecular weight is 273 g/mol. The highest BCUT2D eigenvalue weighted by atomic mass is 19.1. The van der Waals surface area contributed by atoms with Crippen molar-refractivity contribution in [1.82, 2.24) is 0 Å².